The summed E-state index contributed by atoms with van der Waals surface area (Å²) in [7, 11) is -3.12. The lowest BCUT2D eigenvalue weighted by atomic mass is 9.97. The van der Waals surface area contributed by atoms with E-state index in [4.69, 9.17) is 0 Å². The molecule has 16 heavy (non-hydrogen) atoms. The van der Waals surface area contributed by atoms with Crippen LogP contribution in [0, 0.1) is 6.92 Å². The zero-order valence-corrected chi connectivity index (χ0v) is 10.5. The average Bonchev–Trinajstić information content (AvgIpc) is 2.69. The quantitative estimate of drug-likeness (QED) is 0.850. The summed E-state index contributed by atoms with van der Waals surface area (Å²) >= 11 is 0. The summed E-state index contributed by atoms with van der Waals surface area (Å²) < 4.78 is 23.5. The largest absolute Gasteiger partial charge is 0.316 e. The van der Waals surface area contributed by atoms with Gasteiger partial charge < -0.3 is 5.32 Å². The second-order valence-electron chi connectivity index (χ2n) is 4.50. The first kappa shape index (κ1) is 11.6. The predicted octanol–water partition coefficient (Wildman–Crippen LogP) is 1.48. The molecule has 0 spiro atoms. The molecule has 0 bridgehead atoms. The number of benzene rings is 1. The molecule has 0 aliphatic carbocycles. The van der Waals surface area contributed by atoms with E-state index in [1.807, 2.05) is 19.1 Å². The lowest BCUT2D eigenvalue weighted by molar-refractivity contribution is 0.598. The average molecular weight is 239 g/mol. The van der Waals surface area contributed by atoms with Gasteiger partial charge in [-0.2, -0.15) is 0 Å². The highest BCUT2D eigenvalue weighted by Crippen LogP contribution is 2.29. The predicted molar refractivity (Wildman–Crippen MR) is 64.5 cm³/mol. The van der Waals surface area contributed by atoms with Crippen molar-refractivity contribution in [1.29, 1.82) is 0 Å². The molecular weight excluding hydrogens is 222 g/mol. The number of hydrogen-bond donors (Lipinski definition) is 1. The monoisotopic (exact) mass is 239 g/mol. The van der Waals surface area contributed by atoms with Crippen molar-refractivity contribution in [3.63, 3.8) is 0 Å². The van der Waals surface area contributed by atoms with Crippen LogP contribution in [0.3, 0.4) is 0 Å². The van der Waals surface area contributed by atoms with Gasteiger partial charge in [-0.05, 0) is 43.0 Å². The summed E-state index contributed by atoms with van der Waals surface area (Å²) in [4.78, 5) is 0.501. The zero-order valence-electron chi connectivity index (χ0n) is 9.66. The number of rotatable bonds is 2. The number of sulfone groups is 1. The molecule has 88 valence electrons. The third-order valence-electron chi connectivity index (χ3n) is 3.07. The van der Waals surface area contributed by atoms with Crippen LogP contribution in [0.5, 0.6) is 0 Å². The topological polar surface area (TPSA) is 46.2 Å². The van der Waals surface area contributed by atoms with Crippen molar-refractivity contribution < 1.29 is 8.42 Å². The Kier molecular flexibility index (Phi) is 3.04. The van der Waals surface area contributed by atoms with E-state index in [9.17, 15) is 8.42 Å². The molecule has 1 aromatic rings. The van der Waals surface area contributed by atoms with Gasteiger partial charge in [-0.1, -0.05) is 12.1 Å². The molecule has 1 N–H and O–H groups in total. The van der Waals surface area contributed by atoms with Crippen molar-refractivity contribution in [2.24, 2.45) is 0 Å². The second kappa shape index (κ2) is 4.18. The fourth-order valence-electron chi connectivity index (χ4n) is 2.22. The number of aryl methyl sites for hydroxylation is 1. The summed E-state index contributed by atoms with van der Waals surface area (Å²) in [6, 6.07) is 5.73. The molecule has 1 aromatic carbocycles. The Morgan fingerprint density at radius 2 is 2.12 bits per heavy atom. The standard InChI is InChI=1S/C12H17NO2S/c1-9-3-4-11(10-5-6-13-8-10)12(7-9)16(2,14)15/h3-4,7,10,13H,5-6,8H2,1-2H3. The molecule has 1 atom stereocenters. The molecule has 1 aliphatic rings. The Labute approximate surface area is 96.8 Å². The fraction of sp³-hybridized carbons (Fsp3) is 0.500. The minimum atomic E-state index is -3.12. The smallest absolute Gasteiger partial charge is 0.175 e. The van der Waals surface area contributed by atoms with Crippen LogP contribution in [-0.4, -0.2) is 27.8 Å². The molecule has 0 radical (unpaired) electrons. The van der Waals surface area contributed by atoms with E-state index in [0.717, 1.165) is 30.6 Å². The first-order valence-corrected chi connectivity index (χ1v) is 7.39. The van der Waals surface area contributed by atoms with Crippen LogP contribution in [-0.2, 0) is 9.84 Å². The first-order valence-electron chi connectivity index (χ1n) is 5.50. The summed E-state index contributed by atoms with van der Waals surface area (Å²) in [5.74, 6) is 0.338. The maximum Gasteiger partial charge on any atom is 0.175 e. The van der Waals surface area contributed by atoms with Crippen molar-refractivity contribution in [1.82, 2.24) is 5.32 Å². The molecule has 0 saturated carbocycles. The molecule has 0 aromatic heterocycles. The highest BCUT2D eigenvalue weighted by Gasteiger charge is 2.23. The van der Waals surface area contributed by atoms with Crippen LogP contribution in [0.4, 0.5) is 0 Å². The summed E-state index contributed by atoms with van der Waals surface area (Å²) in [6.45, 7) is 3.78. The van der Waals surface area contributed by atoms with Crippen LogP contribution in [0.25, 0.3) is 0 Å². The van der Waals surface area contributed by atoms with Crippen molar-refractivity contribution in [2.45, 2.75) is 24.2 Å². The van der Waals surface area contributed by atoms with Crippen LogP contribution >= 0.6 is 0 Å². The van der Waals surface area contributed by atoms with Gasteiger partial charge in [0.2, 0.25) is 0 Å². The van der Waals surface area contributed by atoms with E-state index < -0.39 is 9.84 Å². The van der Waals surface area contributed by atoms with Crippen LogP contribution < -0.4 is 5.32 Å². The van der Waals surface area contributed by atoms with E-state index >= 15 is 0 Å². The Morgan fingerprint density at radius 1 is 1.38 bits per heavy atom. The van der Waals surface area contributed by atoms with E-state index in [0.29, 0.717) is 10.8 Å². The third kappa shape index (κ3) is 2.28. The summed E-state index contributed by atoms with van der Waals surface area (Å²) in [6.07, 6.45) is 2.30. The van der Waals surface area contributed by atoms with Crippen molar-refractivity contribution in [3.8, 4) is 0 Å². The van der Waals surface area contributed by atoms with Gasteiger partial charge in [0, 0.05) is 12.8 Å². The zero-order chi connectivity index (χ0) is 11.8. The molecule has 1 aliphatic heterocycles. The van der Waals surface area contributed by atoms with E-state index in [1.165, 1.54) is 6.26 Å². The number of nitrogens with one attached hydrogen (secondary N) is 1. The highest BCUT2D eigenvalue weighted by atomic mass is 32.2. The molecule has 1 fully saturated rings. The molecule has 1 unspecified atom stereocenters. The SMILES string of the molecule is Cc1ccc(C2CCNC2)c(S(C)(=O)=O)c1. The van der Waals surface area contributed by atoms with Gasteiger partial charge in [0.15, 0.2) is 9.84 Å². The van der Waals surface area contributed by atoms with Crippen molar-refractivity contribution in [3.05, 3.63) is 29.3 Å². The molecule has 0 amide bonds. The van der Waals surface area contributed by atoms with Crippen LogP contribution in [0.2, 0.25) is 0 Å². The molecule has 1 saturated heterocycles. The Bertz CT molecular complexity index is 488. The lowest BCUT2D eigenvalue weighted by Crippen LogP contribution is -2.11. The van der Waals surface area contributed by atoms with Gasteiger partial charge in [-0.3, -0.25) is 0 Å². The van der Waals surface area contributed by atoms with Gasteiger partial charge >= 0.3 is 0 Å². The van der Waals surface area contributed by atoms with Gasteiger partial charge in [0.05, 0.1) is 4.90 Å². The Balaban J connectivity index is 2.52. The highest BCUT2D eigenvalue weighted by molar-refractivity contribution is 7.90. The summed E-state index contributed by atoms with van der Waals surface area (Å²) in [5, 5.41) is 3.27. The lowest BCUT2D eigenvalue weighted by Gasteiger charge is -2.14. The van der Waals surface area contributed by atoms with Gasteiger partial charge in [0.25, 0.3) is 0 Å². The van der Waals surface area contributed by atoms with Crippen molar-refractivity contribution in [2.75, 3.05) is 19.3 Å². The Hall–Kier alpha value is -0.870. The normalized spacial score (nSPS) is 21.2. The van der Waals surface area contributed by atoms with Gasteiger partial charge in [-0.15, -0.1) is 0 Å². The molecule has 2 rings (SSSR count). The van der Waals surface area contributed by atoms with Crippen LogP contribution in [0.1, 0.15) is 23.5 Å². The van der Waals surface area contributed by atoms with E-state index in [-0.39, 0.29) is 0 Å². The Morgan fingerprint density at radius 3 is 2.69 bits per heavy atom. The van der Waals surface area contributed by atoms with E-state index in [2.05, 4.69) is 5.32 Å². The maximum absolute atomic E-state index is 11.7. The molecule has 3 nitrogen and oxygen atoms in total. The first-order chi connectivity index (χ1) is 7.48. The number of hydrogen-bond acceptors (Lipinski definition) is 3. The van der Waals surface area contributed by atoms with Gasteiger partial charge in [0.1, 0.15) is 0 Å². The minimum Gasteiger partial charge on any atom is -0.316 e. The second-order valence-corrected chi connectivity index (χ2v) is 6.49. The maximum atomic E-state index is 11.7. The minimum absolute atomic E-state index is 0.338. The molecule has 1 heterocycles. The van der Waals surface area contributed by atoms with Crippen LogP contribution in [0.15, 0.2) is 23.1 Å². The van der Waals surface area contributed by atoms with E-state index in [1.54, 1.807) is 6.07 Å². The van der Waals surface area contributed by atoms with Crippen molar-refractivity contribution >= 4 is 9.84 Å². The third-order valence-corrected chi connectivity index (χ3v) is 4.22. The molecule has 4 heteroatoms. The fourth-order valence-corrected chi connectivity index (χ4v) is 3.28. The molecular formula is C12H17NO2S. The van der Waals surface area contributed by atoms with Gasteiger partial charge in [-0.25, -0.2) is 8.42 Å². The summed E-state index contributed by atoms with van der Waals surface area (Å²) in [5.41, 5.74) is 1.97.